The molecule has 0 saturated heterocycles. The third kappa shape index (κ3) is 5.55. The molecule has 0 fully saturated rings. The Labute approximate surface area is 114 Å². The Kier molecular flexibility index (Phi) is 6.87. The second kappa shape index (κ2) is 8.73. The summed E-state index contributed by atoms with van der Waals surface area (Å²) in [7, 11) is 2.95. The molecule has 1 aromatic carbocycles. The quantitative estimate of drug-likeness (QED) is 0.322. The van der Waals surface area contributed by atoms with Crippen molar-refractivity contribution in [3.63, 3.8) is 0 Å². The lowest BCUT2D eigenvalue weighted by Crippen LogP contribution is -2.14. The van der Waals surface area contributed by atoms with Gasteiger partial charge in [-0.25, -0.2) is 14.5 Å². The molecule has 8 nitrogen and oxygen atoms in total. The molecule has 0 radical (unpaired) electrons. The molecule has 0 aliphatic carbocycles. The van der Waals surface area contributed by atoms with Crippen LogP contribution in [-0.4, -0.2) is 39.6 Å². The number of rotatable bonds is 7. The summed E-state index contributed by atoms with van der Waals surface area (Å²) in [5, 5.41) is 4.00. The van der Waals surface area contributed by atoms with E-state index in [0.717, 1.165) is 0 Å². The molecule has 110 valence electrons. The number of hydrogen-bond donors (Lipinski definition) is 0. The Bertz CT molecular complexity index is 428. The number of benzene rings is 1. The van der Waals surface area contributed by atoms with Gasteiger partial charge in [-0.1, -0.05) is 0 Å². The van der Waals surface area contributed by atoms with E-state index in [-0.39, 0.29) is 18.8 Å². The Hall–Kier alpha value is -2.32. The molecule has 0 spiro atoms. The fraction of sp³-hybridized carbons (Fsp3) is 0.333. The average molecular weight is 286 g/mol. The van der Waals surface area contributed by atoms with Crippen LogP contribution >= 0.6 is 0 Å². The maximum Gasteiger partial charge on any atom is 0.543 e. The van der Waals surface area contributed by atoms with Crippen LogP contribution in [-0.2, 0) is 24.3 Å². The molecule has 0 amide bonds. The molecule has 1 rings (SSSR count). The molecule has 0 aliphatic rings. The lowest BCUT2D eigenvalue weighted by atomic mass is 10.2. The van der Waals surface area contributed by atoms with E-state index in [1.807, 2.05) is 0 Å². The summed E-state index contributed by atoms with van der Waals surface area (Å²) in [6.07, 6.45) is -1.15. The highest BCUT2D eigenvalue weighted by molar-refractivity contribution is 5.89. The monoisotopic (exact) mass is 286 g/mol. The smallest absolute Gasteiger partial charge is 0.497 e. The zero-order chi connectivity index (χ0) is 14.8. The number of carbonyl (C=O) groups is 2. The highest BCUT2D eigenvalue weighted by Gasteiger charge is 2.12. The second-order valence-electron chi connectivity index (χ2n) is 3.34. The fourth-order valence-corrected chi connectivity index (χ4v) is 1.08. The first-order chi connectivity index (χ1) is 9.67. The largest absolute Gasteiger partial charge is 0.543 e. The highest BCUT2D eigenvalue weighted by atomic mass is 17.5. The zero-order valence-corrected chi connectivity index (χ0v) is 11.0. The van der Waals surface area contributed by atoms with E-state index in [1.54, 1.807) is 12.1 Å². The van der Waals surface area contributed by atoms with E-state index < -0.39 is 12.1 Å². The summed E-state index contributed by atoms with van der Waals surface area (Å²) < 4.78 is 14.1. The van der Waals surface area contributed by atoms with Crippen molar-refractivity contribution in [2.75, 3.05) is 27.4 Å². The summed E-state index contributed by atoms with van der Waals surface area (Å²) in [5.74, 6) is -0.252. The average Bonchev–Trinajstić information content (AvgIpc) is 2.47. The fourth-order valence-electron chi connectivity index (χ4n) is 1.08. The van der Waals surface area contributed by atoms with Crippen molar-refractivity contribution in [1.29, 1.82) is 0 Å². The second-order valence-corrected chi connectivity index (χ2v) is 3.34. The predicted octanol–water partition coefficient (Wildman–Crippen LogP) is 1.50. The Balaban J connectivity index is 2.27. The molecule has 0 atom stereocenters. The minimum atomic E-state index is -1.15. The Morgan fingerprint density at radius 2 is 1.70 bits per heavy atom. The Morgan fingerprint density at radius 3 is 2.30 bits per heavy atom. The van der Waals surface area contributed by atoms with Crippen LogP contribution in [0.4, 0.5) is 4.79 Å². The summed E-state index contributed by atoms with van der Waals surface area (Å²) in [5.41, 5.74) is 0.196. The lowest BCUT2D eigenvalue weighted by Gasteiger charge is -2.04. The molecule has 0 saturated carbocycles. The van der Waals surface area contributed by atoms with Crippen molar-refractivity contribution >= 4 is 12.1 Å². The van der Waals surface area contributed by atoms with Crippen molar-refractivity contribution < 1.29 is 38.6 Å². The predicted molar refractivity (Wildman–Crippen MR) is 63.8 cm³/mol. The number of methoxy groups -OCH3 is 2. The van der Waals surface area contributed by atoms with Gasteiger partial charge in [0.05, 0.1) is 24.3 Å². The maximum atomic E-state index is 11.4. The van der Waals surface area contributed by atoms with Crippen molar-refractivity contribution in [3.8, 4) is 5.75 Å². The maximum absolute atomic E-state index is 11.4. The van der Waals surface area contributed by atoms with Gasteiger partial charge in [0.1, 0.15) is 12.4 Å². The number of hydrogen-bond acceptors (Lipinski definition) is 8. The van der Waals surface area contributed by atoms with E-state index >= 15 is 0 Å². The molecule has 20 heavy (non-hydrogen) atoms. The number of ether oxygens (including phenoxy) is 3. The van der Waals surface area contributed by atoms with Gasteiger partial charge in [0, 0.05) is 7.11 Å². The summed E-state index contributed by atoms with van der Waals surface area (Å²) in [6.45, 7) is 0.200. The SMILES string of the molecule is COCCOC(=O)OOOC(=O)c1ccc(OC)cc1. The third-order valence-electron chi connectivity index (χ3n) is 2.04. The van der Waals surface area contributed by atoms with Crippen LogP contribution in [0.1, 0.15) is 10.4 Å². The van der Waals surface area contributed by atoms with E-state index in [2.05, 4.69) is 24.3 Å². The lowest BCUT2D eigenvalue weighted by molar-refractivity contribution is -0.452. The van der Waals surface area contributed by atoms with E-state index in [0.29, 0.717) is 5.75 Å². The highest BCUT2D eigenvalue weighted by Crippen LogP contribution is 2.12. The first-order valence-electron chi connectivity index (χ1n) is 5.52. The van der Waals surface area contributed by atoms with Gasteiger partial charge in [-0.15, -0.1) is 0 Å². The summed E-state index contributed by atoms with van der Waals surface area (Å²) in [6, 6.07) is 6.05. The van der Waals surface area contributed by atoms with Gasteiger partial charge < -0.3 is 14.2 Å². The normalized spacial score (nSPS) is 9.70. The van der Waals surface area contributed by atoms with Crippen LogP contribution in [0.15, 0.2) is 24.3 Å². The standard InChI is InChI=1S/C12H14O8/c1-15-7-8-17-12(14)19-20-18-11(13)9-3-5-10(16-2)6-4-9/h3-6H,7-8H2,1-2H3. The van der Waals surface area contributed by atoms with Crippen LogP contribution in [0.2, 0.25) is 0 Å². The van der Waals surface area contributed by atoms with Crippen LogP contribution in [0.5, 0.6) is 5.75 Å². The van der Waals surface area contributed by atoms with E-state index in [9.17, 15) is 9.59 Å². The molecule has 0 unspecified atom stereocenters. The zero-order valence-electron chi connectivity index (χ0n) is 11.0. The minimum absolute atomic E-state index is 0.00881. The van der Waals surface area contributed by atoms with Crippen molar-refractivity contribution in [2.24, 2.45) is 0 Å². The molecule has 0 heterocycles. The van der Waals surface area contributed by atoms with Crippen LogP contribution < -0.4 is 4.74 Å². The first kappa shape index (κ1) is 15.7. The topological polar surface area (TPSA) is 89.5 Å². The van der Waals surface area contributed by atoms with Gasteiger partial charge in [-0.05, 0) is 24.3 Å². The molecule has 0 aliphatic heterocycles. The molecule has 0 aromatic heterocycles. The molecular weight excluding hydrogens is 272 g/mol. The van der Waals surface area contributed by atoms with Gasteiger partial charge in [0.2, 0.25) is 0 Å². The van der Waals surface area contributed by atoms with Gasteiger partial charge in [-0.3, -0.25) is 4.89 Å². The number of carbonyl (C=O) groups excluding carboxylic acids is 2. The molecule has 8 heteroatoms. The van der Waals surface area contributed by atoms with Gasteiger partial charge in [0.15, 0.2) is 0 Å². The summed E-state index contributed by atoms with van der Waals surface area (Å²) in [4.78, 5) is 30.6. The van der Waals surface area contributed by atoms with E-state index in [4.69, 9.17) is 4.74 Å². The molecule has 0 N–H and O–H groups in total. The van der Waals surface area contributed by atoms with Crippen molar-refractivity contribution in [2.45, 2.75) is 0 Å². The van der Waals surface area contributed by atoms with Crippen LogP contribution in [0.3, 0.4) is 0 Å². The van der Waals surface area contributed by atoms with Crippen molar-refractivity contribution in [1.82, 2.24) is 0 Å². The third-order valence-corrected chi connectivity index (χ3v) is 2.04. The van der Waals surface area contributed by atoms with Gasteiger partial charge in [0.25, 0.3) is 0 Å². The van der Waals surface area contributed by atoms with Gasteiger partial charge in [-0.2, -0.15) is 0 Å². The summed E-state index contributed by atoms with van der Waals surface area (Å²) >= 11 is 0. The van der Waals surface area contributed by atoms with Crippen molar-refractivity contribution in [3.05, 3.63) is 29.8 Å². The Morgan fingerprint density at radius 1 is 1.00 bits per heavy atom. The van der Waals surface area contributed by atoms with E-state index in [1.165, 1.54) is 26.4 Å². The first-order valence-corrected chi connectivity index (χ1v) is 5.52. The minimum Gasteiger partial charge on any atom is -0.497 e. The van der Waals surface area contributed by atoms with Gasteiger partial charge >= 0.3 is 12.1 Å². The molecule has 1 aromatic rings. The molecule has 0 bridgehead atoms. The van der Waals surface area contributed by atoms with Crippen LogP contribution in [0.25, 0.3) is 0 Å². The van der Waals surface area contributed by atoms with Crippen LogP contribution in [0, 0.1) is 0 Å². The molecular formula is C12H14O8.